The average Bonchev–Trinajstić information content (AvgIpc) is 3.46. The molecule has 2 aliphatic heterocycles. The fourth-order valence-electron chi connectivity index (χ4n) is 4.38. The molecule has 0 spiro atoms. The van der Waals surface area contributed by atoms with Gasteiger partial charge in [0, 0.05) is 18.2 Å². The molecule has 0 aliphatic carbocycles. The standard InChI is InChI=1S/C23H24ClN5O5S/c1-12(30)35-10-14-17-18(34-23(2,3)33-17)22(32-14)29-15(9-24)27-16-19(25-11-26-20(16)29)28-21(31)13-7-5-4-6-8-13/h4-8,11,14,17-18,22H,9-10H2,1-3H3,(H,25,26,28,31)/t14-,17-,18-,22-/m1/s1. The number of carbonyl (C=O) groups excluding carboxylic acids is 2. The lowest BCUT2D eigenvalue weighted by atomic mass is 10.1. The molecule has 2 aromatic heterocycles. The van der Waals surface area contributed by atoms with Gasteiger partial charge in [0.15, 0.2) is 34.1 Å². The number of benzene rings is 1. The van der Waals surface area contributed by atoms with Crippen molar-refractivity contribution in [3.63, 3.8) is 0 Å². The van der Waals surface area contributed by atoms with Gasteiger partial charge in [-0.05, 0) is 26.0 Å². The molecule has 1 aromatic carbocycles. The first kappa shape index (κ1) is 24.1. The first-order valence-electron chi connectivity index (χ1n) is 11.1. The third-order valence-electron chi connectivity index (χ3n) is 5.77. The Bertz CT molecular complexity index is 1270. The molecular formula is C23H24ClN5O5S. The van der Waals surface area contributed by atoms with Crippen LogP contribution in [-0.4, -0.2) is 60.4 Å². The van der Waals surface area contributed by atoms with Crippen LogP contribution in [0.15, 0.2) is 36.7 Å². The Morgan fingerprint density at radius 2 is 1.91 bits per heavy atom. The number of hydrogen-bond donors (Lipinski definition) is 1. The van der Waals surface area contributed by atoms with Crippen LogP contribution in [-0.2, 0) is 24.9 Å². The van der Waals surface area contributed by atoms with Crippen molar-refractivity contribution >= 4 is 51.4 Å². The van der Waals surface area contributed by atoms with E-state index in [-0.39, 0.29) is 34.9 Å². The third-order valence-corrected chi connectivity index (χ3v) is 6.91. The normalized spacial score (nSPS) is 25.0. The first-order valence-corrected chi connectivity index (χ1v) is 12.6. The average molecular weight is 518 g/mol. The number of nitrogens with one attached hydrogen (secondary N) is 1. The number of hydrogen-bond acceptors (Lipinski definition) is 9. The predicted octanol–water partition coefficient (Wildman–Crippen LogP) is 3.51. The molecule has 2 fully saturated rings. The zero-order chi connectivity index (χ0) is 24.7. The summed E-state index contributed by atoms with van der Waals surface area (Å²) in [6, 6.07) is 8.82. The summed E-state index contributed by atoms with van der Waals surface area (Å²) in [7, 11) is 0. The summed E-state index contributed by atoms with van der Waals surface area (Å²) in [5.74, 6) is 0.0860. The van der Waals surface area contributed by atoms with Gasteiger partial charge < -0.3 is 19.5 Å². The first-order chi connectivity index (χ1) is 16.8. The molecule has 184 valence electrons. The molecular weight excluding hydrogens is 494 g/mol. The Balaban J connectivity index is 1.52. The highest BCUT2D eigenvalue weighted by molar-refractivity contribution is 8.13. The minimum atomic E-state index is -0.822. The van der Waals surface area contributed by atoms with E-state index in [0.717, 1.165) is 0 Å². The topological polar surface area (TPSA) is 117 Å². The van der Waals surface area contributed by atoms with E-state index in [1.165, 1.54) is 25.0 Å². The second-order valence-electron chi connectivity index (χ2n) is 8.68. The number of imidazole rings is 1. The van der Waals surface area contributed by atoms with Crippen LogP contribution in [0.25, 0.3) is 11.2 Å². The highest BCUT2D eigenvalue weighted by atomic mass is 35.5. The van der Waals surface area contributed by atoms with Crippen LogP contribution in [0.5, 0.6) is 0 Å². The lowest BCUT2D eigenvalue weighted by molar-refractivity contribution is -0.193. The zero-order valence-corrected chi connectivity index (χ0v) is 20.9. The van der Waals surface area contributed by atoms with Gasteiger partial charge in [-0.25, -0.2) is 15.0 Å². The number of halogens is 1. The van der Waals surface area contributed by atoms with E-state index in [4.69, 9.17) is 25.8 Å². The maximum Gasteiger partial charge on any atom is 0.256 e. The Hall–Kier alpha value is -2.57. The van der Waals surface area contributed by atoms with Crippen molar-refractivity contribution < 1.29 is 23.8 Å². The molecule has 35 heavy (non-hydrogen) atoms. The van der Waals surface area contributed by atoms with Crippen LogP contribution in [0.3, 0.4) is 0 Å². The zero-order valence-electron chi connectivity index (χ0n) is 19.3. The molecule has 2 aliphatic rings. The van der Waals surface area contributed by atoms with E-state index in [0.29, 0.717) is 28.3 Å². The van der Waals surface area contributed by atoms with Crippen LogP contribution in [0.4, 0.5) is 5.82 Å². The highest BCUT2D eigenvalue weighted by Crippen LogP contribution is 2.45. The molecule has 12 heteroatoms. The van der Waals surface area contributed by atoms with Crippen LogP contribution in [0, 0.1) is 0 Å². The lowest BCUT2D eigenvalue weighted by Crippen LogP contribution is -2.31. The van der Waals surface area contributed by atoms with E-state index in [1.54, 1.807) is 28.8 Å². The molecule has 0 radical (unpaired) electrons. The van der Waals surface area contributed by atoms with Crippen LogP contribution in [0.2, 0.25) is 0 Å². The molecule has 4 atom stereocenters. The molecule has 1 N–H and O–H groups in total. The Morgan fingerprint density at radius 1 is 1.17 bits per heavy atom. The van der Waals surface area contributed by atoms with Crippen molar-refractivity contribution in [2.45, 2.75) is 57.0 Å². The maximum absolute atomic E-state index is 12.7. The number of fused-ring (bicyclic) bond motifs is 2. The Labute approximate surface area is 210 Å². The molecule has 0 bridgehead atoms. The molecule has 4 heterocycles. The van der Waals surface area contributed by atoms with Gasteiger partial charge in [0.25, 0.3) is 5.91 Å². The molecule has 5 rings (SSSR count). The summed E-state index contributed by atoms with van der Waals surface area (Å²) in [5.41, 5.74) is 1.31. The summed E-state index contributed by atoms with van der Waals surface area (Å²) >= 11 is 7.45. The number of alkyl halides is 1. The number of aromatic nitrogens is 4. The second-order valence-corrected chi connectivity index (χ2v) is 10.1. The molecule has 0 saturated carbocycles. The minimum absolute atomic E-state index is 0.00663. The van der Waals surface area contributed by atoms with Crippen LogP contribution >= 0.6 is 23.4 Å². The quantitative estimate of drug-likeness (QED) is 0.490. The number of amides is 1. The number of anilines is 1. The van der Waals surface area contributed by atoms with E-state index in [1.807, 2.05) is 19.9 Å². The van der Waals surface area contributed by atoms with Crippen molar-refractivity contribution in [2.75, 3.05) is 11.1 Å². The van der Waals surface area contributed by atoms with Crippen molar-refractivity contribution in [3.05, 3.63) is 48.0 Å². The van der Waals surface area contributed by atoms with E-state index in [9.17, 15) is 9.59 Å². The van der Waals surface area contributed by atoms with Gasteiger partial charge in [-0.3, -0.25) is 14.2 Å². The number of nitrogens with zero attached hydrogens (tertiary/aromatic N) is 4. The van der Waals surface area contributed by atoms with Gasteiger partial charge in [0.05, 0.1) is 12.0 Å². The van der Waals surface area contributed by atoms with Gasteiger partial charge in [-0.1, -0.05) is 30.0 Å². The predicted molar refractivity (Wildman–Crippen MR) is 130 cm³/mol. The van der Waals surface area contributed by atoms with Gasteiger partial charge in [-0.2, -0.15) is 0 Å². The van der Waals surface area contributed by atoms with Crippen molar-refractivity contribution in [2.24, 2.45) is 0 Å². The van der Waals surface area contributed by atoms with E-state index in [2.05, 4.69) is 20.3 Å². The SMILES string of the molecule is CC(=O)SC[C@H]1O[C@@H](n2c(CCl)nc3c(NC(=O)c4ccccc4)ncnc32)[C@@H]2OC(C)(C)O[C@@H]21. The molecule has 1 amide bonds. The fourth-order valence-corrected chi connectivity index (χ4v) is 5.23. The molecule has 3 aromatic rings. The summed E-state index contributed by atoms with van der Waals surface area (Å²) in [6.07, 6.45) is -0.545. The second kappa shape index (κ2) is 9.47. The summed E-state index contributed by atoms with van der Waals surface area (Å²) in [4.78, 5) is 37.6. The number of ether oxygens (including phenoxy) is 3. The number of thioether (sulfide) groups is 1. The minimum Gasteiger partial charge on any atom is -0.348 e. The number of carbonyl (C=O) groups is 2. The molecule has 2 saturated heterocycles. The summed E-state index contributed by atoms with van der Waals surface area (Å²) in [5, 5.41) is 2.80. The number of rotatable bonds is 6. The van der Waals surface area contributed by atoms with Crippen LogP contribution < -0.4 is 5.32 Å². The van der Waals surface area contributed by atoms with Crippen LogP contribution in [0.1, 0.15) is 43.2 Å². The molecule has 10 nitrogen and oxygen atoms in total. The van der Waals surface area contributed by atoms with E-state index < -0.39 is 18.1 Å². The summed E-state index contributed by atoms with van der Waals surface area (Å²) in [6.45, 7) is 5.19. The van der Waals surface area contributed by atoms with Crippen molar-refractivity contribution in [3.8, 4) is 0 Å². The van der Waals surface area contributed by atoms with Gasteiger partial charge in [0.2, 0.25) is 0 Å². The largest absolute Gasteiger partial charge is 0.348 e. The lowest BCUT2D eigenvalue weighted by Gasteiger charge is -2.25. The maximum atomic E-state index is 12.7. The molecule has 0 unspecified atom stereocenters. The van der Waals surface area contributed by atoms with Gasteiger partial charge in [-0.15, -0.1) is 11.6 Å². The monoisotopic (exact) mass is 517 g/mol. The Morgan fingerprint density at radius 3 is 2.63 bits per heavy atom. The van der Waals surface area contributed by atoms with Crippen molar-refractivity contribution in [1.29, 1.82) is 0 Å². The highest BCUT2D eigenvalue weighted by Gasteiger charge is 2.56. The Kier molecular flexibility index (Phi) is 6.53. The fraction of sp³-hybridized carbons (Fsp3) is 0.435. The van der Waals surface area contributed by atoms with Gasteiger partial charge >= 0.3 is 0 Å². The van der Waals surface area contributed by atoms with E-state index >= 15 is 0 Å². The smallest absolute Gasteiger partial charge is 0.256 e. The third kappa shape index (κ3) is 4.66. The van der Waals surface area contributed by atoms with Gasteiger partial charge in [0.1, 0.15) is 24.4 Å². The van der Waals surface area contributed by atoms with Crippen molar-refractivity contribution in [1.82, 2.24) is 19.5 Å². The summed E-state index contributed by atoms with van der Waals surface area (Å²) < 4.78 is 20.4.